The third-order valence-corrected chi connectivity index (χ3v) is 7.09. The topological polar surface area (TPSA) is 133 Å². The quantitative estimate of drug-likeness (QED) is 0.180. The van der Waals surface area contributed by atoms with Crippen LogP contribution in [0.2, 0.25) is 0 Å². The predicted molar refractivity (Wildman–Crippen MR) is 145 cm³/mol. The lowest BCUT2D eigenvalue weighted by molar-refractivity contribution is -0.385. The molecular weight excluding hydrogens is 578 g/mol. The first-order chi connectivity index (χ1) is 18.2. The van der Waals surface area contributed by atoms with Gasteiger partial charge in [-0.1, -0.05) is 52.1 Å². The van der Waals surface area contributed by atoms with E-state index in [2.05, 4.69) is 27.5 Å². The van der Waals surface area contributed by atoms with Crippen LogP contribution in [0.5, 0.6) is 11.5 Å². The first-order valence-corrected chi connectivity index (χ1v) is 13.0. The number of fused-ring (bicyclic) bond motifs is 1. The average Bonchev–Trinajstić information content (AvgIpc) is 3.18. The second-order valence-corrected chi connectivity index (χ2v) is 10.0. The highest BCUT2D eigenvalue weighted by atomic mass is 79.9. The molecule has 4 rings (SSSR count). The molecule has 0 amide bonds. The largest absolute Gasteiger partial charge is 0.502 e. The van der Waals surface area contributed by atoms with E-state index in [9.17, 15) is 24.8 Å². The zero-order valence-electron chi connectivity index (χ0n) is 20.3. The molecule has 0 spiro atoms. The van der Waals surface area contributed by atoms with Gasteiger partial charge in [-0.25, -0.2) is 9.79 Å². The highest BCUT2D eigenvalue weighted by molar-refractivity contribution is 9.10. The van der Waals surface area contributed by atoms with Crippen molar-refractivity contribution >= 4 is 45.0 Å². The minimum atomic E-state index is -0.841. The maximum atomic E-state index is 13.7. The van der Waals surface area contributed by atoms with Crippen molar-refractivity contribution in [2.75, 3.05) is 13.2 Å². The Bertz CT molecular complexity index is 1660. The number of rotatable bonds is 8. The van der Waals surface area contributed by atoms with Gasteiger partial charge < -0.3 is 14.6 Å². The van der Waals surface area contributed by atoms with Crippen LogP contribution in [0.3, 0.4) is 0 Å². The number of benzene rings is 2. The molecule has 1 aliphatic rings. The van der Waals surface area contributed by atoms with E-state index in [4.69, 9.17) is 9.47 Å². The molecule has 2 aromatic carbocycles. The van der Waals surface area contributed by atoms with Gasteiger partial charge in [0.25, 0.3) is 5.56 Å². The van der Waals surface area contributed by atoms with Gasteiger partial charge in [-0.15, -0.1) is 0 Å². The number of nitrogens with zero attached hydrogens (tertiary/aromatic N) is 3. The summed E-state index contributed by atoms with van der Waals surface area (Å²) in [7, 11) is 0. The minimum Gasteiger partial charge on any atom is -0.502 e. The molecule has 0 bridgehead atoms. The molecule has 1 aromatic heterocycles. The highest BCUT2D eigenvalue weighted by Gasteiger charge is 2.33. The van der Waals surface area contributed by atoms with Crippen LogP contribution in [0.1, 0.15) is 31.0 Å². The fraction of sp³-hybridized carbons (Fsp3) is 0.192. The summed E-state index contributed by atoms with van der Waals surface area (Å²) >= 11 is 4.24. The van der Waals surface area contributed by atoms with E-state index in [0.29, 0.717) is 32.9 Å². The zero-order chi connectivity index (χ0) is 27.6. The number of halogens is 1. The van der Waals surface area contributed by atoms with Gasteiger partial charge in [-0.2, -0.15) is 0 Å². The number of allylic oxidation sites excluding steroid dienone is 1. The van der Waals surface area contributed by atoms with Gasteiger partial charge in [0.15, 0.2) is 4.80 Å². The van der Waals surface area contributed by atoms with E-state index >= 15 is 0 Å². The van der Waals surface area contributed by atoms with Gasteiger partial charge >= 0.3 is 11.7 Å². The number of hydrogen-bond donors (Lipinski definition) is 1. The lowest BCUT2D eigenvalue weighted by atomic mass is 9.96. The standard InChI is InChI=1S/C26H22BrN3O7S/c1-4-10-37-18-8-6-15(7-9-18)22-21(25(33)36-5-2)14(3)28-26-29(22)24(32)20(38-26)12-16-11-17(27)13-19(23(16)31)30(34)35/h4,6-9,11-13,22,31H,1,5,10H2,2-3H3/b20-12-/t22-/m0/s1. The van der Waals surface area contributed by atoms with Gasteiger partial charge in [0, 0.05) is 16.1 Å². The minimum absolute atomic E-state index is 0.0814. The van der Waals surface area contributed by atoms with E-state index in [0.717, 1.165) is 11.3 Å². The predicted octanol–water partition coefficient (Wildman–Crippen LogP) is 3.74. The lowest BCUT2D eigenvalue weighted by Crippen LogP contribution is -2.39. The molecule has 2 heterocycles. The molecule has 196 valence electrons. The molecule has 1 N–H and O–H groups in total. The lowest BCUT2D eigenvalue weighted by Gasteiger charge is -2.24. The van der Waals surface area contributed by atoms with Gasteiger partial charge in [-0.05, 0) is 43.7 Å². The molecule has 1 aliphatic heterocycles. The van der Waals surface area contributed by atoms with Crippen LogP contribution >= 0.6 is 27.3 Å². The zero-order valence-corrected chi connectivity index (χ0v) is 22.7. The van der Waals surface area contributed by atoms with Crippen molar-refractivity contribution in [3.8, 4) is 11.5 Å². The van der Waals surface area contributed by atoms with Crippen molar-refractivity contribution in [1.82, 2.24) is 4.57 Å². The molecule has 10 nitrogen and oxygen atoms in total. The number of phenols is 1. The summed E-state index contributed by atoms with van der Waals surface area (Å²) in [4.78, 5) is 42.2. The van der Waals surface area contributed by atoms with Crippen molar-refractivity contribution in [3.05, 3.63) is 106 Å². The number of nitro groups is 1. The molecule has 0 unspecified atom stereocenters. The van der Waals surface area contributed by atoms with Gasteiger partial charge in [-0.3, -0.25) is 19.5 Å². The normalized spacial score (nSPS) is 15.0. The second-order valence-electron chi connectivity index (χ2n) is 8.09. The van der Waals surface area contributed by atoms with E-state index in [-0.39, 0.29) is 22.3 Å². The number of esters is 1. The van der Waals surface area contributed by atoms with Crippen LogP contribution in [0.15, 0.2) is 74.6 Å². The van der Waals surface area contributed by atoms with Crippen LogP contribution in [-0.4, -0.2) is 33.8 Å². The summed E-state index contributed by atoms with van der Waals surface area (Å²) in [6.07, 6.45) is 2.98. The van der Waals surface area contributed by atoms with Crippen LogP contribution in [0, 0.1) is 10.1 Å². The molecule has 0 aliphatic carbocycles. The Balaban J connectivity index is 1.93. The molecule has 0 radical (unpaired) electrons. The van der Waals surface area contributed by atoms with E-state index in [1.54, 1.807) is 44.2 Å². The summed E-state index contributed by atoms with van der Waals surface area (Å²) < 4.78 is 12.8. The average molecular weight is 600 g/mol. The highest BCUT2D eigenvalue weighted by Crippen LogP contribution is 2.34. The molecular formula is C26H22BrN3O7S. The van der Waals surface area contributed by atoms with Crippen molar-refractivity contribution in [2.45, 2.75) is 19.9 Å². The van der Waals surface area contributed by atoms with Crippen molar-refractivity contribution in [2.24, 2.45) is 4.99 Å². The summed E-state index contributed by atoms with van der Waals surface area (Å²) in [5.74, 6) is -0.578. The van der Waals surface area contributed by atoms with Crippen molar-refractivity contribution < 1.29 is 24.3 Å². The second kappa shape index (κ2) is 11.2. The van der Waals surface area contributed by atoms with Gasteiger partial charge in [0.05, 0.1) is 33.4 Å². The van der Waals surface area contributed by atoms with Crippen molar-refractivity contribution in [1.29, 1.82) is 0 Å². The van der Waals surface area contributed by atoms with Gasteiger partial charge in [0.2, 0.25) is 5.75 Å². The molecule has 3 aromatic rings. The Kier molecular flexibility index (Phi) is 7.93. The van der Waals surface area contributed by atoms with Crippen LogP contribution in [-0.2, 0) is 9.53 Å². The maximum Gasteiger partial charge on any atom is 0.338 e. The van der Waals surface area contributed by atoms with E-state index < -0.39 is 33.9 Å². The Labute approximate surface area is 228 Å². The molecule has 0 saturated carbocycles. The molecule has 1 atom stereocenters. The number of ether oxygens (including phenoxy) is 2. The number of aromatic hydroxyl groups is 1. The number of aromatic nitrogens is 1. The fourth-order valence-corrected chi connectivity index (χ4v) is 5.51. The molecule has 0 saturated heterocycles. The SMILES string of the molecule is C=CCOc1ccc([C@H]2C(C(=O)OCC)=C(C)N=c3s/c(=C\c4cc(Br)cc([N+](=O)[O-])c4O)c(=O)n32)cc1. The Hall–Kier alpha value is -4.03. The Morgan fingerprint density at radius 2 is 2.05 bits per heavy atom. The number of carbonyl (C=O) groups is 1. The van der Waals surface area contributed by atoms with Crippen molar-refractivity contribution in [3.63, 3.8) is 0 Å². The smallest absolute Gasteiger partial charge is 0.338 e. The number of thiazole rings is 1. The van der Waals surface area contributed by atoms with E-state index in [1.807, 2.05) is 0 Å². The summed E-state index contributed by atoms with van der Waals surface area (Å²) in [6, 6.07) is 8.76. The van der Waals surface area contributed by atoms with Crippen LogP contribution in [0.4, 0.5) is 5.69 Å². The maximum absolute atomic E-state index is 13.7. The summed E-state index contributed by atoms with van der Waals surface area (Å²) in [5.41, 5.74) is 0.332. The molecule has 0 fully saturated rings. The molecule has 38 heavy (non-hydrogen) atoms. The van der Waals surface area contributed by atoms with Crippen LogP contribution < -0.4 is 19.6 Å². The van der Waals surface area contributed by atoms with E-state index in [1.165, 1.54) is 22.8 Å². The Morgan fingerprint density at radius 1 is 1.34 bits per heavy atom. The number of hydrogen-bond acceptors (Lipinski definition) is 9. The first-order valence-electron chi connectivity index (χ1n) is 11.4. The summed E-state index contributed by atoms with van der Waals surface area (Å²) in [6.45, 7) is 7.45. The number of phenolic OH excluding ortho intramolecular Hbond substituents is 1. The third-order valence-electron chi connectivity index (χ3n) is 5.65. The molecule has 12 heteroatoms. The first kappa shape index (κ1) is 27.0. The van der Waals surface area contributed by atoms with Gasteiger partial charge in [0.1, 0.15) is 12.4 Å². The Morgan fingerprint density at radius 3 is 2.68 bits per heavy atom. The monoisotopic (exact) mass is 599 g/mol. The number of carbonyl (C=O) groups excluding carboxylic acids is 1. The third kappa shape index (κ3) is 5.18. The summed E-state index contributed by atoms with van der Waals surface area (Å²) in [5, 5.41) is 21.8. The number of nitro benzene ring substituents is 1. The van der Waals surface area contributed by atoms with Crippen LogP contribution in [0.25, 0.3) is 6.08 Å². The fourth-order valence-electron chi connectivity index (χ4n) is 4.00.